The first-order valence-electron chi connectivity index (χ1n) is 8.76. The second-order valence-corrected chi connectivity index (χ2v) is 7.28. The number of nitrogens with one attached hydrogen (secondary N) is 2. The standard InChI is InChI=1S/C19H21FN4O2S/c1-4-5-8-13-11(2)23-24(18(13)26)19-21-12(3)16(27-19)17(25)22-15-10-7-6-9-14(15)20/h6-7,9-10,23H,4-5,8H2,1-3H3,(H,22,25). The first-order chi connectivity index (χ1) is 12.9. The Bertz CT molecular complexity index is 1030. The number of hydrogen-bond donors (Lipinski definition) is 2. The number of para-hydroxylation sites is 1. The van der Waals surface area contributed by atoms with Gasteiger partial charge in [-0.15, -0.1) is 0 Å². The molecule has 0 unspecified atom stereocenters. The Morgan fingerprint density at radius 1 is 1.33 bits per heavy atom. The van der Waals surface area contributed by atoms with E-state index in [9.17, 15) is 14.0 Å². The largest absolute Gasteiger partial charge is 0.319 e. The molecule has 0 aliphatic rings. The highest BCUT2D eigenvalue weighted by Gasteiger charge is 2.20. The van der Waals surface area contributed by atoms with Gasteiger partial charge in [0.1, 0.15) is 10.7 Å². The SMILES string of the molecule is CCCCc1c(C)[nH]n(-c2nc(C)c(C(=O)Nc3ccccc3F)s2)c1=O. The van der Waals surface area contributed by atoms with Crippen molar-refractivity contribution >= 4 is 22.9 Å². The number of anilines is 1. The number of aryl methyl sites for hydroxylation is 2. The fraction of sp³-hybridized carbons (Fsp3) is 0.316. The molecule has 0 bridgehead atoms. The highest BCUT2D eigenvalue weighted by Crippen LogP contribution is 2.23. The number of carbonyl (C=O) groups is 1. The third kappa shape index (κ3) is 3.85. The molecule has 0 aliphatic heterocycles. The van der Waals surface area contributed by atoms with Crippen LogP contribution in [0, 0.1) is 19.7 Å². The monoisotopic (exact) mass is 388 g/mol. The number of carbonyl (C=O) groups excluding carboxylic acids is 1. The lowest BCUT2D eigenvalue weighted by Gasteiger charge is -2.04. The molecule has 0 aliphatic carbocycles. The summed E-state index contributed by atoms with van der Waals surface area (Å²) in [4.78, 5) is 29.9. The van der Waals surface area contributed by atoms with Crippen LogP contribution in [0.3, 0.4) is 0 Å². The molecule has 2 N–H and O–H groups in total. The smallest absolute Gasteiger partial charge is 0.276 e. The van der Waals surface area contributed by atoms with Crippen LogP contribution in [0.4, 0.5) is 10.1 Å². The van der Waals surface area contributed by atoms with E-state index in [2.05, 4.69) is 22.3 Å². The highest BCUT2D eigenvalue weighted by molar-refractivity contribution is 7.16. The van der Waals surface area contributed by atoms with Gasteiger partial charge in [-0.25, -0.2) is 9.37 Å². The molecule has 2 aromatic heterocycles. The molecule has 0 fully saturated rings. The second kappa shape index (κ2) is 7.87. The van der Waals surface area contributed by atoms with E-state index >= 15 is 0 Å². The molecular weight excluding hydrogens is 367 g/mol. The van der Waals surface area contributed by atoms with Gasteiger partial charge in [0.05, 0.1) is 11.4 Å². The first kappa shape index (κ1) is 19.0. The highest BCUT2D eigenvalue weighted by atomic mass is 32.1. The minimum atomic E-state index is -0.509. The summed E-state index contributed by atoms with van der Waals surface area (Å²) in [6.45, 7) is 5.62. The van der Waals surface area contributed by atoms with Crippen molar-refractivity contribution in [2.75, 3.05) is 5.32 Å². The number of halogens is 1. The predicted octanol–water partition coefficient (Wildman–Crippen LogP) is 3.97. The molecule has 1 amide bonds. The van der Waals surface area contributed by atoms with Crippen LogP contribution < -0.4 is 10.9 Å². The maximum Gasteiger partial charge on any atom is 0.276 e. The molecule has 0 atom stereocenters. The quantitative estimate of drug-likeness (QED) is 0.670. The maximum atomic E-state index is 13.8. The maximum absolute atomic E-state index is 13.8. The van der Waals surface area contributed by atoms with Crippen LogP contribution in [0.1, 0.15) is 46.4 Å². The van der Waals surface area contributed by atoms with Gasteiger partial charge in [0.2, 0.25) is 5.13 Å². The summed E-state index contributed by atoms with van der Waals surface area (Å²) < 4.78 is 15.1. The van der Waals surface area contributed by atoms with E-state index < -0.39 is 11.7 Å². The molecule has 0 radical (unpaired) electrons. The predicted molar refractivity (Wildman–Crippen MR) is 105 cm³/mol. The first-order valence-corrected chi connectivity index (χ1v) is 9.58. The van der Waals surface area contributed by atoms with Crippen LogP contribution in [0.2, 0.25) is 0 Å². The summed E-state index contributed by atoms with van der Waals surface area (Å²) in [6, 6.07) is 5.96. The third-order valence-electron chi connectivity index (χ3n) is 4.28. The van der Waals surface area contributed by atoms with Crippen LogP contribution >= 0.6 is 11.3 Å². The molecule has 142 valence electrons. The molecule has 3 aromatic rings. The zero-order valence-electron chi connectivity index (χ0n) is 15.4. The number of aromatic nitrogens is 3. The Labute approximate surface area is 160 Å². The fourth-order valence-electron chi connectivity index (χ4n) is 2.79. The van der Waals surface area contributed by atoms with Gasteiger partial charge in [-0.1, -0.05) is 36.8 Å². The summed E-state index contributed by atoms with van der Waals surface area (Å²) in [5, 5.41) is 5.98. The molecule has 8 heteroatoms. The van der Waals surface area contributed by atoms with Crippen molar-refractivity contribution in [3.05, 3.63) is 62.3 Å². The summed E-state index contributed by atoms with van der Waals surface area (Å²) in [6.07, 6.45) is 2.64. The van der Waals surface area contributed by atoms with Gasteiger partial charge in [-0.05, 0) is 38.8 Å². The van der Waals surface area contributed by atoms with E-state index in [4.69, 9.17) is 0 Å². The number of thiazole rings is 1. The minimum Gasteiger partial charge on any atom is -0.319 e. The number of benzene rings is 1. The van der Waals surface area contributed by atoms with Gasteiger partial charge in [0, 0.05) is 11.3 Å². The topological polar surface area (TPSA) is 79.8 Å². The molecule has 0 saturated heterocycles. The van der Waals surface area contributed by atoms with Gasteiger partial charge >= 0.3 is 0 Å². The summed E-state index contributed by atoms with van der Waals surface area (Å²) >= 11 is 1.09. The van der Waals surface area contributed by atoms with Crippen LogP contribution in [-0.4, -0.2) is 20.7 Å². The van der Waals surface area contributed by atoms with Crippen molar-refractivity contribution in [3.8, 4) is 5.13 Å². The van der Waals surface area contributed by atoms with E-state index in [0.717, 1.165) is 35.4 Å². The average molecular weight is 388 g/mol. The van der Waals surface area contributed by atoms with Gasteiger partial charge in [0.25, 0.3) is 11.5 Å². The molecule has 2 heterocycles. The number of rotatable bonds is 6. The van der Waals surface area contributed by atoms with Crippen molar-refractivity contribution < 1.29 is 9.18 Å². The molecule has 0 saturated carbocycles. The Hall–Kier alpha value is -2.74. The van der Waals surface area contributed by atoms with Gasteiger partial charge < -0.3 is 5.32 Å². The van der Waals surface area contributed by atoms with E-state index in [-0.39, 0.29) is 11.2 Å². The number of H-pyrrole nitrogens is 1. The van der Waals surface area contributed by atoms with Gasteiger partial charge in [0.15, 0.2) is 0 Å². The Morgan fingerprint density at radius 2 is 2.07 bits per heavy atom. The number of nitrogens with zero attached hydrogens (tertiary/aromatic N) is 2. The van der Waals surface area contributed by atoms with Crippen LogP contribution in [0.5, 0.6) is 0 Å². The lowest BCUT2D eigenvalue weighted by molar-refractivity contribution is 0.102. The van der Waals surface area contributed by atoms with E-state index in [0.29, 0.717) is 22.1 Å². The average Bonchev–Trinajstić information content (AvgIpc) is 3.15. The zero-order chi connectivity index (χ0) is 19.6. The summed E-state index contributed by atoms with van der Waals surface area (Å²) in [7, 11) is 0. The third-order valence-corrected chi connectivity index (χ3v) is 5.42. The van der Waals surface area contributed by atoms with Crippen molar-refractivity contribution in [3.63, 3.8) is 0 Å². The normalized spacial score (nSPS) is 11.0. The molecular formula is C19H21FN4O2S. The summed E-state index contributed by atoms with van der Waals surface area (Å²) in [5.41, 5.74) is 1.99. The number of unbranched alkanes of at least 4 members (excludes halogenated alkanes) is 1. The van der Waals surface area contributed by atoms with Crippen molar-refractivity contribution in [1.82, 2.24) is 14.8 Å². The van der Waals surface area contributed by atoms with Crippen molar-refractivity contribution in [2.45, 2.75) is 40.0 Å². The molecule has 0 spiro atoms. The van der Waals surface area contributed by atoms with Crippen molar-refractivity contribution in [2.24, 2.45) is 0 Å². The van der Waals surface area contributed by atoms with Crippen LogP contribution in [-0.2, 0) is 6.42 Å². The van der Waals surface area contributed by atoms with Gasteiger partial charge in [-0.3, -0.25) is 14.7 Å². The molecule has 6 nitrogen and oxygen atoms in total. The lowest BCUT2D eigenvalue weighted by atomic mass is 10.1. The number of hydrogen-bond acceptors (Lipinski definition) is 4. The Balaban J connectivity index is 1.90. The molecule has 3 rings (SSSR count). The Morgan fingerprint density at radius 3 is 2.78 bits per heavy atom. The molecule has 27 heavy (non-hydrogen) atoms. The lowest BCUT2D eigenvalue weighted by Crippen LogP contribution is -2.17. The van der Waals surface area contributed by atoms with Crippen molar-refractivity contribution in [1.29, 1.82) is 0 Å². The second-order valence-electron chi connectivity index (χ2n) is 6.30. The van der Waals surface area contributed by atoms with Crippen LogP contribution in [0.25, 0.3) is 5.13 Å². The number of amides is 1. The van der Waals surface area contributed by atoms with Gasteiger partial charge in [-0.2, -0.15) is 4.68 Å². The Kier molecular flexibility index (Phi) is 5.55. The van der Waals surface area contributed by atoms with Crippen LogP contribution in [0.15, 0.2) is 29.1 Å². The zero-order valence-corrected chi connectivity index (χ0v) is 16.2. The fourth-order valence-corrected chi connectivity index (χ4v) is 3.72. The molecule has 1 aromatic carbocycles. The minimum absolute atomic E-state index is 0.103. The van der Waals surface area contributed by atoms with E-state index in [1.54, 1.807) is 19.1 Å². The number of aromatic amines is 1. The van der Waals surface area contributed by atoms with E-state index in [1.165, 1.54) is 16.8 Å². The van der Waals surface area contributed by atoms with E-state index in [1.807, 2.05) is 6.92 Å². The summed E-state index contributed by atoms with van der Waals surface area (Å²) in [5.74, 6) is -0.964.